The van der Waals surface area contributed by atoms with E-state index in [4.69, 9.17) is 4.43 Å². The summed E-state index contributed by atoms with van der Waals surface area (Å²) in [6.45, 7) is 13.6. The first-order valence-corrected chi connectivity index (χ1v) is 16.2. The number of hydrogen-bond acceptors (Lipinski definition) is 7. The van der Waals surface area contributed by atoms with Gasteiger partial charge in [0.2, 0.25) is 16.0 Å². The monoisotopic (exact) mass is 566 g/mol. The number of nitrogens with one attached hydrogen (secondary N) is 2. The van der Waals surface area contributed by atoms with Crippen molar-refractivity contribution in [3.8, 4) is 5.82 Å². The van der Waals surface area contributed by atoms with E-state index in [0.717, 1.165) is 6.20 Å². The van der Waals surface area contributed by atoms with Gasteiger partial charge in [-0.3, -0.25) is 0 Å². The van der Waals surface area contributed by atoms with Gasteiger partial charge in [0.15, 0.2) is 14.1 Å². The van der Waals surface area contributed by atoms with Gasteiger partial charge in [-0.25, -0.2) is 31.6 Å². The quantitative estimate of drug-likeness (QED) is 0.198. The highest BCUT2D eigenvalue weighted by Gasteiger charge is 2.44. The molecule has 0 bridgehead atoms. The fourth-order valence-electron chi connectivity index (χ4n) is 5.01. The van der Waals surface area contributed by atoms with Crippen LogP contribution in [-0.2, 0) is 14.4 Å². The van der Waals surface area contributed by atoms with Crippen LogP contribution >= 0.6 is 0 Å². The van der Waals surface area contributed by atoms with Crippen molar-refractivity contribution in [3.63, 3.8) is 0 Å². The van der Waals surface area contributed by atoms with Crippen molar-refractivity contribution in [2.45, 2.75) is 69.5 Å². The standard InChI is InChI=1S/C25H36F2N6O3SSi/c1-17(2)38(18(3)4,19(5)6)36-15-13-30-37(34,35)21-10-8-20(9-11-21)31-25-28-16-22(23(26)27)24(32-25)33-14-7-12-29-33/h7-12,14,16-19,23,30H,13,15H2,1-6H3,(H,28,31,32). The van der Waals surface area contributed by atoms with Crippen molar-refractivity contribution in [2.24, 2.45) is 0 Å². The molecule has 3 rings (SSSR count). The van der Waals surface area contributed by atoms with E-state index in [1.54, 1.807) is 18.2 Å². The molecule has 1 aromatic carbocycles. The Balaban J connectivity index is 1.66. The van der Waals surface area contributed by atoms with Crippen LogP contribution in [0.4, 0.5) is 20.4 Å². The van der Waals surface area contributed by atoms with Crippen LogP contribution in [0.1, 0.15) is 53.5 Å². The third-order valence-electron chi connectivity index (χ3n) is 6.63. The van der Waals surface area contributed by atoms with Crippen molar-refractivity contribution in [2.75, 3.05) is 18.5 Å². The Morgan fingerprint density at radius 2 is 1.66 bits per heavy atom. The van der Waals surface area contributed by atoms with E-state index in [1.807, 2.05) is 0 Å². The number of sulfonamides is 1. The molecule has 2 aromatic heterocycles. The molecule has 0 radical (unpaired) electrons. The zero-order valence-corrected chi connectivity index (χ0v) is 24.3. The van der Waals surface area contributed by atoms with Gasteiger partial charge in [-0.15, -0.1) is 0 Å². The molecule has 0 unspecified atom stereocenters. The molecule has 38 heavy (non-hydrogen) atoms. The predicted molar refractivity (Wildman–Crippen MR) is 146 cm³/mol. The molecule has 0 atom stereocenters. The Morgan fingerprint density at radius 1 is 1.03 bits per heavy atom. The van der Waals surface area contributed by atoms with Crippen LogP contribution < -0.4 is 10.0 Å². The molecule has 0 aliphatic rings. The van der Waals surface area contributed by atoms with Crippen LogP contribution in [0.5, 0.6) is 0 Å². The zero-order valence-electron chi connectivity index (χ0n) is 22.5. The maximum Gasteiger partial charge on any atom is 0.268 e. The molecule has 0 saturated heterocycles. The largest absolute Gasteiger partial charge is 0.415 e. The number of alkyl halides is 2. The molecule has 2 heterocycles. The van der Waals surface area contributed by atoms with Crippen molar-refractivity contribution < 1.29 is 21.6 Å². The van der Waals surface area contributed by atoms with E-state index in [-0.39, 0.29) is 28.8 Å². The van der Waals surface area contributed by atoms with E-state index in [9.17, 15) is 17.2 Å². The van der Waals surface area contributed by atoms with Crippen LogP contribution in [0.3, 0.4) is 0 Å². The minimum Gasteiger partial charge on any atom is -0.415 e. The Labute approximate surface area is 224 Å². The lowest BCUT2D eigenvalue weighted by atomic mass is 10.3. The summed E-state index contributed by atoms with van der Waals surface area (Å²) in [4.78, 5) is 8.22. The summed E-state index contributed by atoms with van der Waals surface area (Å²) in [5, 5.41) is 6.88. The topological polar surface area (TPSA) is 111 Å². The van der Waals surface area contributed by atoms with E-state index >= 15 is 0 Å². The van der Waals surface area contributed by atoms with Crippen molar-refractivity contribution in [3.05, 3.63) is 54.5 Å². The summed E-state index contributed by atoms with van der Waals surface area (Å²) in [6.07, 6.45) is 1.23. The van der Waals surface area contributed by atoms with Crippen LogP contribution in [0.15, 0.2) is 53.8 Å². The molecule has 0 spiro atoms. The minimum absolute atomic E-state index is 0.0485. The highest BCUT2D eigenvalue weighted by molar-refractivity contribution is 7.89. The second-order valence-corrected chi connectivity index (χ2v) is 17.2. The number of rotatable bonds is 13. The lowest BCUT2D eigenvalue weighted by Crippen LogP contribution is -2.49. The Hall–Kier alpha value is -2.74. The lowest BCUT2D eigenvalue weighted by Gasteiger charge is -2.42. The van der Waals surface area contributed by atoms with E-state index in [1.165, 1.54) is 29.2 Å². The number of nitrogens with zero attached hydrogens (tertiary/aromatic N) is 4. The normalized spacial score (nSPS) is 12.7. The van der Waals surface area contributed by atoms with Gasteiger partial charge in [-0.05, 0) is 47.0 Å². The van der Waals surface area contributed by atoms with E-state index in [0.29, 0.717) is 28.9 Å². The summed E-state index contributed by atoms with van der Waals surface area (Å²) in [5.41, 5.74) is 1.36. The molecular formula is C25H36F2N6O3SSi. The van der Waals surface area contributed by atoms with Crippen LogP contribution in [0, 0.1) is 0 Å². The zero-order chi connectivity index (χ0) is 28.1. The molecular weight excluding hydrogens is 530 g/mol. The highest BCUT2D eigenvalue weighted by Crippen LogP contribution is 2.42. The summed E-state index contributed by atoms with van der Waals surface area (Å²) in [5.74, 6) is 0.0199. The first-order valence-electron chi connectivity index (χ1n) is 12.5. The molecule has 0 saturated carbocycles. The van der Waals surface area contributed by atoms with Crippen molar-refractivity contribution in [1.29, 1.82) is 0 Å². The molecule has 0 aliphatic heterocycles. The van der Waals surface area contributed by atoms with Gasteiger partial charge in [0.1, 0.15) is 0 Å². The SMILES string of the molecule is CC(C)[Si](OCCNS(=O)(=O)c1ccc(Nc2ncc(C(F)F)c(-n3cccn3)n2)cc1)(C(C)C)C(C)C. The Morgan fingerprint density at radius 3 is 2.18 bits per heavy atom. The van der Waals surface area contributed by atoms with Gasteiger partial charge in [0.05, 0.1) is 10.5 Å². The summed E-state index contributed by atoms with van der Waals surface area (Å²) in [7, 11) is -5.83. The molecule has 3 aromatic rings. The van der Waals surface area contributed by atoms with Crippen LogP contribution in [0.2, 0.25) is 16.6 Å². The number of hydrogen-bond donors (Lipinski definition) is 2. The predicted octanol–water partition coefficient (Wildman–Crippen LogP) is 5.81. The maximum absolute atomic E-state index is 13.4. The van der Waals surface area contributed by atoms with Crippen LogP contribution in [-0.4, -0.2) is 49.6 Å². The minimum atomic E-state index is -3.75. The maximum atomic E-state index is 13.4. The first kappa shape index (κ1) is 29.8. The summed E-state index contributed by atoms with van der Waals surface area (Å²) >= 11 is 0. The van der Waals surface area contributed by atoms with Crippen LogP contribution in [0.25, 0.3) is 5.82 Å². The van der Waals surface area contributed by atoms with Crippen molar-refractivity contribution >= 4 is 30.0 Å². The highest BCUT2D eigenvalue weighted by atomic mass is 32.2. The van der Waals surface area contributed by atoms with E-state index < -0.39 is 24.8 Å². The first-order chi connectivity index (χ1) is 17.9. The van der Waals surface area contributed by atoms with Gasteiger partial charge in [0.25, 0.3) is 6.43 Å². The van der Waals surface area contributed by atoms with Gasteiger partial charge in [0, 0.05) is 37.4 Å². The van der Waals surface area contributed by atoms with Gasteiger partial charge in [-0.1, -0.05) is 41.5 Å². The van der Waals surface area contributed by atoms with E-state index in [2.05, 4.69) is 66.6 Å². The van der Waals surface area contributed by atoms with Crippen molar-refractivity contribution in [1.82, 2.24) is 24.5 Å². The number of aromatic nitrogens is 4. The molecule has 2 N–H and O–H groups in total. The summed E-state index contributed by atoms with van der Waals surface area (Å²) in [6, 6.07) is 7.60. The third-order valence-corrected chi connectivity index (χ3v) is 14.2. The molecule has 0 aliphatic carbocycles. The second kappa shape index (κ2) is 12.4. The smallest absolute Gasteiger partial charge is 0.268 e. The third kappa shape index (κ3) is 6.63. The average Bonchev–Trinajstić information content (AvgIpc) is 3.38. The fourth-order valence-corrected chi connectivity index (χ4v) is 11.5. The number of anilines is 2. The lowest BCUT2D eigenvalue weighted by molar-refractivity contribution is 0.150. The van der Waals surface area contributed by atoms with Gasteiger partial charge < -0.3 is 9.74 Å². The average molecular weight is 567 g/mol. The molecule has 13 heteroatoms. The Bertz CT molecular complexity index is 1270. The molecule has 208 valence electrons. The van der Waals surface area contributed by atoms with Gasteiger partial charge in [-0.2, -0.15) is 10.1 Å². The summed E-state index contributed by atoms with van der Waals surface area (Å²) < 4.78 is 62.7. The van der Waals surface area contributed by atoms with Gasteiger partial charge >= 0.3 is 0 Å². The second-order valence-electron chi connectivity index (χ2n) is 9.94. The number of halogens is 2. The fraction of sp³-hybridized carbons (Fsp3) is 0.480. The Kier molecular flexibility index (Phi) is 9.73. The molecule has 0 fully saturated rings. The molecule has 0 amide bonds. The molecule has 9 nitrogen and oxygen atoms in total. The number of benzene rings is 1.